The van der Waals surface area contributed by atoms with Crippen LogP contribution in [0.2, 0.25) is 0 Å². The van der Waals surface area contributed by atoms with Crippen molar-refractivity contribution in [2.45, 2.75) is 18.9 Å². The first-order valence-corrected chi connectivity index (χ1v) is 6.68. The monoisotopic (exact) mass is 300 g/mol. The van der Waals surface area contributed by atoms with E-state index in [1.165, 1.54) is 0 Å². The number of aromatic nitrogens is 1. The molecule has 0 spiro atoms. The smallest absolute Gasteiger partial charge is 0.126 e. The first kappa shape index (κ1) is 12.8. The molecule has 1 aromatic rings. The molecule has 1 fully saturated rings. The van der Waals surface area contributed by atoms with Crippen LogP contribution >= 0.6 is 15.9 Å². The predicted molar refractivity (Wildman–Crippen MR) is 70.2 cm³/mol. The maximum absolute atomic E-state index is 5.54. The Hall–Kier alpha value is -0.650. The number of rotatable bonds is 6. The number of pyridine rings is 1. The van der Waals surface area contributed by atoms with Crippen LogP contribution in [-0.4, -0.2) is 37.5 Å². The van der Waals surface area contributed by atoms with Gasteiger partial charge >= 0.3 is 0 Å². The number of hydrogen-bond acceptors (Lipinski definition) is 4. The Morgan fingerprint density at radius 2 is 2.47 bits per heavy atom. The first-order valence-electron chi connectivity index (χ1n) is 5.89. The minimum atomic E-state index is 0.306. The summed E-state index contributed by atoms with van der Waals surface area (Å²) < 4.78 is 12.0. The van der Waals surface area contributed by atoms with E-state index in [1.54, 1.807) is 6.20 Å². The SMILES string of the molecule is Brc1ccc(NCCOCC2CCCO2)nc1. The molecule has 0 aromatic carbocycles. The first-order chi connectivity index (χ1) is 8.34. The molecule has 1 aromatic heterocycles. The molecule has 0 amide bonds. The van der Waals surface area contributed by atoms with E-state index in [4.69, 9.17) is 9.47 Å². The molecule has 1 atom stereocenters. The van der Waals surface area contributed by atoms with Gasteiger partial charge in [0.15, 0.2) is 0 Å². The van der Waals surface area contributed by atoms with E-state index in [1.807, 2.05) is 12.1 Å². The molecule has 0 saturated carbocycles. The highest BCUT2D eigenvalue weighted by molar-refractivity contribution is 9.10. The Labute approximate surface area is 110 Å². The summed E-state index contributed by atoms with van der Waals surface area (Å²) in [6.45, 7) is 3.03. The maximum Gasteiger partial charge on any atom is 0.126 e. The zero-order valence-electron chi connectivity index (χ0n) is 9.69. The summed E-state index contributed by atoms with van der Waals surface area (Å²) in [5.41, 5.74) is 0. The summed E-state index contributed by atoms with van der Waals surface area (Å²) in [6, 6.07) is 3.90. The number of nitrogens with zero attached hydrogens (tertiary/aromatic N) is 1. The molecule has 0 aliphatic carbocycles. The van der Waals surface area contributed by atoms with Crippen molar-refractivity contribution < 1.29 is 9.47 Å². The summed E-state index contributed by atoms with van der Waals surface area (Å²) in [6.07, 6.45) is 4.37. The van der Waals surface area contributed by atoms with Crippen LogP contribution in [0.15, 0.2) is 22.8 Å². The fourth-order valence-corrected chi connectivity index (χ4v) is 1.96. The van der Waals surface area contributed by atoms with Gasteiger partial charge in [0.25, 0.3) is 0 Å². The third-order valence-electron chi connectivity index (χ3n) is 2.61. The van der Waals surface area contributed by atoms with Gasteiger partial charge in [-0.1, -0.05) is 0 Å². The Morgan fingerprint density at radius 1 is 1.53 bits per heavy atom. The Balaban J connectivity index is 1.55. The van der Waals surface area contributed by atoms with Crippen molar-refractivity contribution in [3.63, 3.8) is 0 Å². The van der Waals surface area contributed by atoms with Gasteiger partial charge in [-0.2, -0.15) is 0 Å². The van der Waals surface area contributed by atoms with Gasteiger partial charge < -0.3 is 14.8 Å². The number of ether oxygens (including phenoxy) is 2. The van der Waals surface area contributed by atoms with E-state index < -0.39 is 0 Å². The number of hydrogen-bond donors (Lipinski definition) is 1. The second kappa shape index (κ2) is 6.93. The Kier molecular flexibility index (Phi) is 5.22. The van der Waals surface area contributed by atoms with Gasteiger partial charge in [-0.3, -0.25) is 0 Å². The minimum absolute atomic E-state index is 0.306. The molecule has 5 heteroatoms. The van der Waals surface area contributed by atoms with Crippen molar-refractivity contribution >= 4 is 21.7 Å². The molecule has 1 aliphatic rings. The minimum Gasteiger partial charge on any atom is -0.377 e. The van der Waals surface area contributed by atoms with Crippen LogP contribution in [0.5, 0.6) is 0 Å². The standard InChI is InChI=1S/C12H17BrN2O2/c13-10-3-4-12(15-8-10)14-5-7-16-9-11-2-1-6-17-11/h3-4,8,11H,1-2,5-7,9H2,(H,14,15). The molecule has 4 nitrogen and oxygen atoms in total. The Morgan fingerprint density at radius 3 is 3.18 bits per heavy atom. The quantitative estimate of drug-likeness (QED) is 0.820. The number of halogens is 1. The summed E-state index contributed by atoms with van der Waals surface area (Å²) in [5, 5.41) is 3.20. The highest BCUT2D eigenvalue weighted by Crippen LogP contribution is 2.12. The lowest BCUT2D eigenvalue weighted by molar-refractivity contribution is 0.0206. The van der Waals surface area contributed by atoms with Crippen LogP contribution < -0.4 is 5.32 Å². The van der Waals surface area contributed by atoms with Gasteiger partial charge in [-0.15, -0.1) is 0 Å². The van der Waals surface area contributed by atoms with Gasteiger partial charge in [0.2, 0.25) is 0 Å². The molecule has 0 radical (unpaired) electrons. The highest BCUT2D eigenvalue weighted by atomic mass is 79.9. The molecule has 1 aliphatic heterocycles. The third kappa shape index (κ3) is 4.61. The fourth-order valence-electron chi connectivity index (χ4n) is 1.72. The van der Waals surface area contributed by atoms with E-state index in [2.05, 4.69) is 26.2 Å². The van der Waals surface area contributed by atoms with Crippen LogP contribution in [0.4, 0.5) is 5.82 Å². The van der Waals surface area contributed by atoms with Crippen molar-refractivity contribution in [3.05, 3.63) is 22.8 Å². The van der Waals surface area contributed by atoms with Gasteiger partial charge in [0, 0.05) is 23.8 Å². The van der Waals surface area contributed by atoms with E-state index in [-0.39, 0.29) is 0 Å². The Bertz CT molecular complexity index is 326. The van der Waals surface area contributed by atoms with Crippen LogP contribution in [0.3, 0.4) is 0 Å². The summed E-state index contributed by atoms with van der Waals surface area (Å²) in [7, 11) is 0. The van der Waals surface area contributed by atoms with E-state index >= 15 is 0 Å². The van der Waals surface area contributed by atoms with Crippen LogP contribution in [-0.2, 0) is 9.47 Å². The van der Waals surface area contributed by atoms with E-state index in [0.29, 0.717) is 19.3 Å². The van der Waals surface area contributed by atoms with Gasteiger partial charge in [-0.05, 0) is 40.9 Å². The average Bonchev–Trinajstić information content (AvgIpc) is 2.84. The van der Waals surface area contributed by atoms with Gasteiger partial charge in [0.05, 0.1) is 19.3 Å². The molecule has 2 rings (SSSR count). The van der Waals surface area contributed by atoms with Crippen LogP contribution in [0, 0.1) is 0 Å². The molecule has 2 heterocycles. The molecule has 17 heavy (non-hydrogen) atoms. The van der Waals surface area contributed by atoms with Crippen molar-refractivity contribution in [1.82, 2.24) is 4.98 Å². The second-order valence-electron chi connectivity index (χ2n) is 4.00. The number of nitrogens with one attached hydrogen (secondary N) is 1. The molecule has 1 N–H and O–H groups in total. The normalized spacial score (nSPS) is 19.5. The largest absolute Gasteiger partial charge is 0.377 e. The van der Waals surface area contributed by atoms with Crippen molar-refractivity contribution in [1.29, 1.82) is 0 Å². The number of anilines is 1. The van der Waals surface area contributed by atoms with Crippen molar-refractivity contribution in [2.24, 2.45) is 0 Å². The molecule has 1 unspecified atom stereocenters. The molecule has 0 bridgehead atoms. The summed E-state index contributed by atoms with van der Waals surface area (Å²) in [4.78, 5) is 4.22. The van der Waals surface area contributed by atoms with Crippen LogP contribution in [0.25, 0.3) is 0 Å². The van der Waals surface area contributed by atoms with Crippen molar-refractivity contribution in [3.8, 4) is 0 Å². The zero-order valence-corrected chi connectivity index (χ0v) is 11.3. The van der Waals surface area contributed by atoms with Gasteiger partial charge in [-0.25, -0.2) is 4.98 Å². The molecular weight excluding hydrogens is 284 g/mol. The second-order valence-corrected chi connectivity index (χ2v) is 4.91. The van der Waals surface area contributed by atoms with E-state index in [0.717, 1.165) is 36.3 Å². The lowest BCUT2D eigenvalue weighted by atomic mass is 10.2. The van der Waals surface area contributed by atoms with E-state index in [9.17, 15) is 0 Å². The lowest BCUT2D eigenvalue weighted by Crippen LogP contribution is -2.18. The third-order valence-corrected chi connectivity index (χ3v) is 3.08. The lowest BCUT2D eigenvalue weighted by Gasteiger charge is -2.10. The fraction of sp³-hybridized carbons (Fsp3) is 0.583. The zero-order chi connectivity index (χ0) is 11.9. The molecular formula is C12H17BrN2O2. The topological polar surface area (TPSA) is 43.4 Å². The van der Waals surface area contributed by atoms with Crippen molar-refractivity contribution in [2.75, 3.05) is 31.7 Å². The van der Waals surface area contributed by atoms with Gasteiger partial charge in [0.1, 0.15) is 5.82 Å². The highest BCUT2D eigenvalue weighted by Gasteiger charge is 2.14. The summed E-state index contributed by atoms with van der Waals surface area (Å²) in [5.74, 6) is 0.869. The predicted octanol–water partition coefficient (Wildman–Crippen LogP) is 2.45. The van der Waals surface area contributed by atoms with Crippen LogP contribution in [0.1, 0.15) is 12.8 Å². The average molecular weight is 301 g/mol. The molecule has 94 valence electrons. The summed E-state index contributed by atoms with van der Waals surface area (Å²) >= 11 is 3.35. The maximum atomic E-state index is 5.54. The molecule has 1 saturated heterocycles.